The molecular formula is C22H24BrKO6S4. The van der Waals surface area contributed by atoms with Crippen molar-refractivity contribution in [3.63, 3.8) is 0 Å². The summed E-state index contributed by atoms with van der Waals surface area (Å²) in [5.41, 5.74) is 1.47. The van der Waals surface area contributed by atoms with E-state index in [2.05, 4.69) is 45.5 Å². The second kappa shape index (κ2) is 22.1. The maximum atomic E-state index is 11.1. The van der Waals surface area contributed by atoms with Crippen LogP contribution in [0, 0.1) is 0 Å². The first-order valence-corrected chi connectivity index (χ1v) is 12.5. The molecule has 12 heteroatoms. The molecule has 34 heavy (non-hydrogen) atoms. The van der Waals surface area contributed by atoms with E-state index in [1.165, 1.54) is 0 Å². The molecule has 2 unspecified atom stereocenters. The fourth-order valence-electron chi connectivity index (χ4n) is 2.02. The summed E-state index contributed by atoms with van der Waals surface area (Å²) in [5, 5.41) is 17.0. The molecule has 0 aliphatic rings. The van der Waals surface area contributed by atoms with E-state index in [-0.39, 0.29) is 60.1 Å². The van der Waals surface area contributed by atoms with Gasteiger partial charge in [0.15, 0.2) is 0 Å². The molecule has 0 amide bonds. The van der Waals surface area contributed by atoms with Gasteiger partial charge in [0.1, 0.15) is 10.1 Å². The van der Waals surface area contributed by atoms with Crippen molar-refractivity contribution in [1.82, 2.24) is 0 Å². The zero-order valence-corrected chi connectivity index (χ0v) is 26.9. The summed E-state index contributed by atoms with van der Waals surface area (Å²) in [6.07, 6.45) is 0. The summed E-state index contributed by atoms with van der Waals surface area (Å²) in [6, 6.07) is 18.0. The number of halogens is 1. The van der Waals surface area contributed by atoms with Crippen LogP contribution in [-0.2, 0) is 31.7 Å². The van der Waals surface area contributed by atoms with Crippen molar-refractivity contribution in [2.45, 2.75) is 23.9 Å². The SMILES string of the molecule is CCOC(=S)SC(C(=O)O)c1ccccc1.CCOC(=S)[S-].O=C(O)C(Br)c1ccccc1.[K+]. The maximum absolute atomic E-state index is 11.1. The van der Waals surface area contributed by atoms with E-state index in [0.717, 1.165) is 17.3 Å². The number of hydrogen-bond donors (Lipinski definition) is 2. The summed E-state index contributed by atoms with van der Waals surface area (Å²) in [5.74, 6) is -1.78. The minimum Gasteiger partial charge on any atom is -0.514 e. The zero-order valence-electron chi connectivity index (χ0n) is 18.9. The smallest absolute Gasteiger partial charge is 0.514 e. The number of carboxylic acids is 2. The van der Waals surface area contributed by atoms with Gasteiger partial charge in [-0.05, 0) is 37.2 Å². The number of thioether (sulfide) groups is 1. The van der Waals surface area contributed by atoms with Gasteiger partial charge in [-0.3, -0.25) is 9.59 Å². The first-order chi connectivity index (χ1) is 15.6. The fraction of sp³-hybridized carbons (Fsp3) is 0.273. The normalized spacial score (nSPS) is 10.9. The van der Waals surface area contributed by atoms with E-state index >= 15 is 0 Å². The number of carboxylic acid groups (broad SMARTS) is 2. The Bertz CT molecular complexity index is 874. The van der Waals surface area contributed by atoms with Crippen LogP contribution in [0.5, 0.6) is 0 Å². The van der Waals surface area contributed by atoms with E-state index in [4.69, 9.17) is 27.2 Å². The molecule has 0 heterocycles. The maximum Gasteiger partial charge on any atom is 1.00 e. The molecule has 6 nitrogen and oxygen atoms in total. The van der Waals surface area contributed by atoms with Gasteiger partial charge in [0.25, 0.3) is 0 Å². The molecule has 0 bridgehead atoms. The van der Waals surface area contributed by atoms with Crippen LogP contribution in [0.4, 0.5) is 0 Å². The van der Waals surface area contributed by atoms with Crippen LogP contribution < -0.4 is 51.4 Å². The first kappa shape index (κ1) is 36.0. The molecule has 0 radical (unpaired) electrons. The summed E-state index contributed by atoms with van der Waals surface area (Å²) in [7, 11) is 0. The largest absolute Gasteiger partial charge is 1.00 e. The van der Waals surface area contributed by atoms with Crippen LogP contribution in [0.2, 0.25) is 0 Å². The van der Waals surface area contributed by atoms with Crippen molar-refractivity contribution in [2.24, 2.45) is 0 Å². The van der Waals surface area contributed by atoms with E-state index < -0.39 is 22.0 Å². The average Bonchev–Trinajstić information content (AvgIpc) is 2.79. The molecule has 2 N–H and O–H groups in total. The minimum absolute atomic E-state index is 0. The number of aliphatic carboxylic acids is 2. The van der Waals surface area contributed by atoms with Crippen molar-refractivity contribution in [3.05, 3.63) is 71.8 Å². The van der Waals surface area contributed by atoms with Crippen LogP contribution in [-0.4, -0.2) is 44.1 Å². The van der Waals surface area contributed by atoms with Gasteiger partial charge in [-0.15, -0.1) is 0 Å². The van der Waals surface area contributed by atoms with Crippen molar-refractivity contribution in [3.8, 4) is 0 Å². The Kier molecular flexibility index (Phi) is 23.4. The Morgan fingerprint density at radius 2 is 1.35 bits per heavy atom. The van der Waals surface area contributed by atoms with Crippen molar-refractivity contribution < 1.29 is 80.7 Å². The standard InChI is InChI=1S/C11H12O3S2.C8H7BrO2.C3H6OS2.K/c1-2-14-11(15)16-9(10(12)13)8-6-4-3-5-7-8;9-7(8(10)11)6-4-2-1-3-5-6;1-2-4-3(5)6;/h3-7,9H,2H2,1H3,(H,12,13);1-5,7H,(H,10,11);2H2,1H3,(H,5,6);/q;;;+1/p-1. The van der Waals surface area contributed by atoms with Gasteiger partial charge in [-0.1, -0.05) is 88.4 Å². The van der Waals surface area contributed by atoms with Crippen LogP contribution in [0.25, 0.3) is 0 Å². The molecule has 0 saturated heterocycles. The number of carbonyl (C=O) groups is 2. The second-order valence-electron chi connectivity index (χ2n) is 5.72. The van der Waals surface area contributed by atoms with Gasteiger partial charge in [0.2, 0.25) is 4.38 Å². The average molecular weight is 632 g/mol. The molecule has 0 spiro atoms. The van der Waals surface area contributed by atoms with Gasteiger partial charge in [0.05, 0.1) is 13.2 Å². The van der Waals surface area contributed by atoms with Crippen LogP contribution in [0.1, 0.15) is 35.1 Å². The third-order valence-corrected chi connectivity index (χ3v) is 5.96. The number of alkyl halides is 1. The van der Waals surface area contributed by atoms with E-state index in [1.54, 1.807) is 36.4 Å². The monoisotopic (exact) mass is 630 g/mol. The molecule has 180 valence electrons. The molecule has 0 saturated carbocycles. The van der Waals surface area contributed by atoms with Gasteiger partial charge < -0.3 is 44.5 Å². The second-order valence-corrected chi connectivity index (χ2v) is 9.35. The Morgan fingerprint density at radius 3 is 1.68 bits per heavy atom. The summed E-state index contributed by atoms with van der Waals surface area (Å²) >= 11 is 17.8. The van der Waals surface area contributed by atoms with Crippen molar-refractivity contribution in [2.75, 3.05) is 13.2 Å². The quantitative estimate of drug-likeness (QED) is 0.206. The van der Waals surface area contributed by atoms with Crippen LogP contribution in [0.15, 0.2) is 60.7 Å². The summed E-state index contributed by atoms with van der Waals surface area (Å²) < 4.78 is 10.1. The molecule has 0 aliphatic carbocycles. The van der Waals surface area contributed by atoms with Gasteiger partial charge >= 0.3 is 63.3 Å². The molecule has 0 aromatic heterocycles. The number of thiocarbonyl (C=S) groups is 2. The van der Waals surface area contributed by atoms with Gasteiger partial charge in [-0.2, -0.15) is 0 Å². The fourth-order valence-corrected chi connectivity index (χ4v) is 3.74. The third kappa shape index (κ3) is 17.3. The minimum atomic E-state index is -0.918. The first-order valence-electron chi connectivity index (χ1n) is 9.50. The molecule has 0 aliphatic heterocycles. The number of benzene rings is 2. The zero-order chi connectivity index (χ0) is 25.2. The summed E-state index contributed by atoms with van der Waals surface area (Å²) in [6.45, 7) is 4.69. The molecule has 2 rings (SSSR count). The Balaban J connectivity index is 0. The van der Waals surface area contributed by atoms with Crippen LogP contribution in [0.3, 0.4) is 0 Å². The molecule has 0 fully saturated rings. The molecule has 2 aromatic rings. The van der Waals surface area contributed by atoms with Crippen molar-refractivity contribution >= 4 is 85.5 Å². The Morgan fingerprint density at radius 1 is 0.912 bits per heavy atom. The predicted octanol–water partition coefficient (Wildman–Crippen LogP) is 2.93. The predicted molar refractivity (Wildman–Crippen MR) is 146 cm³/mol. The molecule has 2 atom stereocenters. The van der Waals surface area contributed by atoms with E-state index in [1.807, 2.05) is 38.1 Å². The summed E-state index contributed by atoms with van der Waals surface area (Å²) in [4.78, 5) is 21.0. The topological polar surface area (TPSA) is 93.1 Å². The van der Waals surface area contributed by atoms with Gasteiger partial charge in [-0.25, -0.2) is 0 Å². The number of hydrogen-bond acceptors (Lipinski definition) is 8. The Labute approximate surface area is 271 Å². The molecule has 2 aromatic carbocycles. The van der Waals surface area contributed by atoms with Crippen molar-refractivity contribution in [1.29, 1.82) is 0 Å². The Hall–Kier alpha value is -0.154. The molecular weight excluding hydrogens is 608 g/mol. The van der Waals surface area contributed by atoms with Crippen LogP contribution >= 0.6 is 52.1 Å². The number of rotatable bonds is 7. The van der Waals surface area contributed by atoms with E-state index in [0.29, 0.717) is 18.8 Å². The van der Waals surface area contributed by atoms with E-state index in [9.17, 15) is 9.59 Å². The van der Waals surface area contributed by atoms with Gasteiger partial charge in [0, 0.05) is 4.38 Å². The number of ether oxygens (including phenoxy) is 2. The third-order valence-electron chi connectivity index (χ3n) is 3.37.